The smallest absolute Gasteiger partial charge is 0.0892 e. The summed E-state index contributed by atoms with van der Waals surface area (Å²) in [5.41, 5.74) is 0.938. The van der Waals surface area contributed by atoms with Crippen LogP contribution in [0.3, 0.4) is 0 Å². The molecule has 0 aromatic heterocycles. The standard InChI is InChI=1S/C10H14NO/c1-11(2)8-10(12)9-6-4-3-5-7-9/h3-7,10,12H,1,8H2,2H3/q-1. The number of benzene rings is 1. The summed E-state index contributed by atoms with van der Waals surface area (Å²) in [7, 11) is 5.52. The molecule has 0 aliphatic rings. The van der Waals surface area contributed by atoms with Gasteiger partial charge in [-0.2, -0.15) is 0 Å². The molecule has 1 aromatic rings. The summed E-state index contributed by atoms with van der Waals surface area (Å²) in [6, 6.07) is 9.59. The van der Waals surface area contributed by atoms with Crippen molar-refractivity contribution in [2.24, 2.45) is 0 Å². The first-order valence-corrected chi connectivity index (χ1v) is 3.95. The molecule has 1 atom stereocenters. The topological polar surface area (TPSA) is 23.5 Å². The maximum Gasteiger partial charge on any atom is 0.0892 e. The van der Waals surface area contributed by atoms with Crippen molar-refractivity contribution in [3.63, 3.8) is 0 Å². The first kappa shape index (κ1) is 9.23. The first-order chi connectivity index (χ1) is 5.70. The van der Waals surface area contributed by atoms with Gasteiger partial charge in [-0.25, -0.2) is 0 Å². The van der Waals surface area contributed by atoms with Crippen LogP contribution in [0.15, 0.2) is 30.3 Å². The average molecular weight is 164 g/mol. The van der Waals surface area contributed by atoms with Gasteiger partial charge in [0.25, 0.3) is 0 Å². The third kappa shape index (κ3) is 2.64. The Balaban J connectivity index is 2.59. The Kier molecular flexibility index (Phi) is 3.26. The number of aliphatic hydroxyl groups excluding tert-OH is 1. The Morgan fingerprint density at radius 3 is 2.50 bits per heavy atom. The van der Waals surface area contributed by atoms with Gasteiger partial charge in [0.05, 0.1) is 6.10 Å². The summed E-state index contributed by atoms with van der Waals surface area (Å²) < 4.78 is 0. The predicted molar refractivity (Wildman–Crippen MR) is 49.4 cm³/mol. The molecule has 0 saturated heterocycles. The first-order valence-electron chi connectivity index (χ1n) is 3.95. The molecule has 0 saturated carbocycles. The van der Waals surface area contributed by atoms with Crippen LogP contribution >= 0.6 is 0 Å². The second kappa shape index (κ2) is 4.24. The molecule has 2 heteroatoms. The van der Waals surface area contributed by atoms with Gasteiger partial charge in [-0.3, -0.25) is 7.05 Å². The largest absolute Gasteiger partial charge is 0.459 e. The van der Waals surface area contributed by atoms with Gasteiger partial charge in [0.1, 0.15) is 0 Å². The molecule has 1 unspecified atom stereocenters. The van der Waals surface area contributed by atoms with Crippen LogP contribution in [0.25, 0.3) is 0 Å². The minimum atomic E-state index is -0.436. The lowest BCUT2D eigenvalue weighted by atomic mass is 10.1. The van der Waals surface area contributed by atoms with Crippen LogP contribution in [-0.4, -0.2) is 23.6 Å². The molecule has 1 aromatic carbocycles. The molecule has 0 aliphatic carbocycles. The minimum absolute atomic E-state index is 0.436. The molecule has 66 valence electrons. The van der Waals surface area contributed by atoms with E-state index in [2.05, 4.69) is 7.05 Å². The fourth-order valence-electron chi connectivity index (χ4n) is 1.08. The van der Waals surface area contributed by atoms with Crippen LogP contribution in [0.5, 0.6) is 0 Å². The zero-order chi connectivity index (χ0) is 8.97. The van der Waals surface area contributed by atoms with Crippen molar-refractivity contribution in [1.29, 1.82) is 0 Å². The number of hydrogen-bond acceptors (Lipinski definition) is 2. The van der Waals surface area contributed by atoms with Gasteiger partial charge in [-0.15, -0.1) is 0 Å². The van der Waals surface area contributed by atoms with Crippen LogP contribution in [0, 0.1) is 7.05 Å². The molecule has 12 heavy (non-hydrogen) atoms. The van der Waals surface area contributed by atoms with Crippen molar-refractivity contribution in [3.05, 3.63) is 42.9 Å². The van der Waals surface area contributed by atoms with Gasteiger partial charge in [-0.05, 0) is 12.6 Å². The summed E-state index contributed by atoms with van der Waals surface area (Å²) in [5.74, 6) is 0. The predicted octanol–water partition coefficient (Wildman–Crippen LogP) is 1.44. The highest BCUT2D eigenvalue weighted by Crippen LogP contribution is 2.11. The van der Waals surface area contributed by atoms with Crippen molar-refractivity contribution in [1.82, 2.24) is 4.90 Å². The van der Waals surface area contributed by atoms with E-state index < -0.39 is 6.10 Å². The van der Waals surface area contributed by atoms with E-state index in [0.29, 0.717) is 6.54 Å². The molecule has 1 rings (SSSR count). The Bertz CT molecular complexity index is 221. The Morgan fingerprint density at radius 1 is 1.42 bits per heavy atom. The third-order valence-electron chi connectivity index (χ3n) is 1.67. The minimum Gasteiger partial charge on any atom is -0.459 e. The molecule has 1 N–H and O–H groups in total. The lowest BCUT2D eigenvalue weighted by molar-refractivity contribution is 0.144. The van der Waals surface area contributed by atoms with Crippen LogP contribution in [0.1, 0.15) is 11.7 Å². The zero-order valence-electron chi connectivity index (χ0n) is 7.27. The second-order valence-electron chi connectivity index (χ2n) is 2.97. The molecule has 0 spiro atoms. The van der Waals surface area contributed by atoms with E-state index >= 15 is 0 Å². The molecule has 0 radical (unpaired) electrons. The molecule has 0 bridgehead atoms. The van der Waals surface area contributed by atoms with E-state index in [1.54, 1.807) is 4.90 Å². The van der Waals surface area contributed by atoms with Gasteiger partial charge >= 0.3 is 0 Å². The fourth-order valence-corrected chi connectivity index (χ4v) is 1.08. The quantitative estimate of drug-likeness (QED) is 0.683. The highest BCUT2D eigenvalue weighted by atomic mass is 16.3. The maximum absolute atomic E-state index is 9.61. The number of likely N-dealkylation sites (N-methyl/N-ethyl adjacent to an activating group) is 1. The van der Waals surface area contributed by atoms with Crippen LogP contribution in [0.4, 0.5) is 0 Å². The molecule has 0 fully saturated rings. The van der Waals surface area contributed by atoms with Crippen molar-refractivity contribution in [2.75, 3.05) is 13.6 Å². The van der Waals surface area contributed by atoms with E-state index in [4.69, 9.17) is 0 Å². The van der Waals surface area contributed by atoms with E-state index in [1.807, 2.05) is 37.4 Å². The molecule has 0 heterocycles. The van der Waals surface area contributed by atoms with Crippen molar-refractivity contribution >= 4 is 0 Å². The summed E-state index contributed by atoms with van der Waals surface area (Å²) in [5, 5.41) is 9.61. The zero-order valence-corrected chi connectivity index (χ0v) is 7.27. The van der Waals surface area contributed by atoms with Gasteiger partial charge in [0, 0.05) is 6.54 Å². The lowest BCUT2D eigenvalue weighted by Crippen LogP contribution is -2.17. The fraction of sp³-hybridized carbons (Fsp3) is 0.300. The normalized spacial score (nSPS) is 13.3. The van der Waals surface area contributed by atoms with Crippen molar-refractivity contribution in [3.8, 4) is 0 Å². The van der Waals surface area contributed by atoms with Gasteiger partial charge in [0.15, 0.2) is 0 Å². The summed E-state index contributed by atoms with van der Waals surface area (Å²) in [6.07, 6.45) is -0.436. The van der Waals surface area contributed by atoms with E-state index in [1.165, 1.54) is 0 Å². The van der Waals surface area contributed by atoms with Gasteiger partial charge in [-0.1, -0.05) is 30.3 Å². The number of hydrogen-bond donors (Lipinski definition) is 1. The SMILES string of the molecule is [CH2-]N(C)CC(O)c1ccccc1. The number of nitrogens with zero attached hydrogens (tertiary/aromatic N) is 1. The van der Waals surface area contributed by atoms with Crippen molar-refractivity contribution in [2.45, 2.75) is 6.10 Å². The number of rotatable bonds is 3. The van der Waals surface area contributed by atoms with E-state index in [-0.39, 0.29) is 0 Å². The summed E-state index contributed by atoms with van der Waals surface area (Å²) >= 11 is 0. The monoisotopic (exact) mass is 164 g/mol. The molecule has 0 aliphatic heterocycles. The van der Waals surface area contributed by atoms with E-state index in [0.717, 1.165) is 5.56 Å². The van der Waals surface area contributed by atoms with Gasteiger partial charge < -0.3 is 10.0 Å². The summed E-state index contributed by atoms with van der Waals surface area (Å²) in [4.78, 5) is 1.72. The Hall–Kier alpha value is -0.860. The molecule has 2 nitrogen and oxygen atoms in total. The molecular formula is C10H14NO-. The van der Waals surface area contributed by atoms with Crippen molar-refractivity contribution < 1.29 is 5.11 Å². The van der Waals surface area contributed by atoms with Crippen LogP contribution in [-0.2, 0) is 0 Å². The highest BCUT2D eigenvalue weighted by Gasteiger charge is 2.04. The molecular weight excluding hydrogens is 150 g/mol. The summed E-state index contributed by atoms with van der Waals surface area (Å²) in [6.45, 7) is 0.560. The highest BCUT2D eigenvalue weighted by molar-refractivity contribution is 5.17. The Labute approximate surface area is 73.4 Å². The van der Waals surface area contributed by atoms with Gasteiger partial charge in [0.2, 0.25) is 0 Å². The second-order valence-corrected chi connectivity index (χ2v) is 2.97. The lowest BCUT2D eigenvalue weighted by Gasteiger charge is -2.22. The number of aliphatic hydroxyl groups is 1. The van der Waals surface area contributed by atoms with Crippen LogP contribution < -0.4 is 0 Å². The van der Waals surface area contributed by atoms with Crippen LogP contribution in [0.2, 0.25) is 0 Å². The Morgan fingerprint density at radius 2 is 2.00 bits per heavy atom. The van der Waals surface area contributed by atoms with E-state index in [9.17, 15) is 5.11 Å². The average Bonchev–Trinajstić information content (AvgIpc) is 2.05. The third-order valence-corrected chi connectivity index (χ3v) is 1.67. The molecule has 0 amide bonds. The maximum atomic E-state index is 9.61.